The molecule has 0 bridgehead atoms. The molecule has 2 aliphatic rings. The van der Waals surface area contributed by atoms with Gasteiger partial charge in [0, 0.05) is 72.8 Å². The third kappa shape index (κ3) is 9.14. The number of non-ortho nitro benzene ring substituents is 1. The summed E-state index contributed by atoms with van der Waals surface area (Å²) >= 11 is 0. The number of ketones is 1. The van der Waals surface area contributed by atoms with Gasteiger partial charge in [-0.15, -0.1) is 0 Å². The lowest BCUT2D eigenvalue weighted by Crippen LogP contribution is -2.53. The quantitative estimate of drug-likeness (QED) is 0.0564. The first-order valence-corrected chi connectivity index (χ1v) is 18.7. The molecule has 1 aromatic heterocycles. The monoisotopic (exact) mass is 737 g/mol. The van der Waals surface area contributed by atoms with Crippen molar-refractivity contribution in [3.63, 3.8) is 0 Å². The molecular weight excluding hydrogens is 695 g/mol. The Kier molecular flexibility index (Phi) is 11.7. The highest BCUT2D eigenvalue weighted by molar-refractivity contribution is 6.15. The highest BCUT2D eigenvalue weighted by Crippen LogP contribution is 2.31. The summed E-state index contributed by atoms with van der Waals surface area (Å²) < 4.78 is 5.82. The molecular formula is C44H43N5O6. The van der Waals surface area contributed by atoms with Crippen molar-refractivity contribution in [1.29, 1.82) is 0 Å². The van der Waals surface area contributed by atoms with E-state index in [1.807, 2.05) is 36.4 Å². The highest BCUT2D eigenvalue weighted by atomic mass is 16.6. The summed E-state index contributed by atoms with van der Waals surface area (Å²) in [7, 11) is 0. The predicted octanol–water partition coefficient (Wildman–Crippen LogP) is 8.37. The van der Waals surface area contributed by atoms with Crippen LogP contribution in [0.3, 0.4) is 0 Å². The number of nitro groups is 1. The van der Waals surface area contributed by atoms with Gasteiger partial charge in [-0.25, -0.2) is 0 Å². The van der Waals surface area contributed by atoms with E-state index in [1.54, 1.807) is 66.7 Å². The van der Waals surface area contributed by atoms with Crippen molar-refractivity contribution in [3.05, 3.63) is 154 Å². The van der Waals surface area contributed by atoms with Crippen molar-refractivity contribution >= 4 is 40.7 Å². The fourth-order valence-corrected chi connectivity index (χ4v) is 7.52. The number of benzene rings is 4. The molecule has 2 N–H and O–H groups in total. The Balaban J connectivity index is 1.08. The van der Waals surface area contributed by atoms with Crippen LogP contribution in [0.15, 0.2) is 126 Å². The van der Waals surface area contributed by atoms with Crippen molar-refractivity contribution < 1.29 is 23.7 Å². The first-order chi connectivity index (χ1) is 26.8. The van der Waals surface area contributed by atoms with Gasteiger partial charge in [-0.2, -0.15) is 0 Å². The van der Waals surface area contributed by atoms with E-state index in [9.17, 15) is 24.5 Å². The molecule has 2 fully saturated rings. The van der Waals surface area contributed by atoms with Crippen LogP contribution in [-0.2, 0) is 9.59 Å². The smallest absolute Gasteiger partial charge is 0.269 e. The van der Waals surface area contributed by atoms with Crippen LogP contribution in [0.1, 0.15) is 65.4 Å². The van der Waals surface area contributed by atoms with E-state index in [0.717, 1.165) is 31.7 Å². The first-order valence-electron chi connectivity index (χ1n) is 18.7. The minimum Gasteiger partial charge on any atom is -0.457 e. The predicted molar refractivity (Wildman–Crippen MR) is 213 cm³/mol. The normalized spacial score (nSPS) is 16.1. The molecule has 2 amide bonds. The number of anilines is 2. The number of amides is 2. The summed E-state index contributed by atoms with van der Waals surface area (Å²) in [4.78, 5) is 56.7. The zero-order chi connectivity index (χ0) is 38.1. The Morgan fingerprint density at radius 1 is 0.782 bits per heavy atom. The van der Waals surface area contributed by atoms with Gasteiger partial charge in [0.05, 0.1) is 10.6 Å². The lowest BCUT2D eigenvalue weighted by atomic mass is 9.93. The maximum atomic E-state index is 14.3. The second kappa shape index (κ2) is 17.3. The average molecular weight is 738 g/mol. The van der Waals surface area contributed by atoms with E-state index in [0.29, 0.717) is 40.1 Å². The lowest BCUT2D eigenvalue weighted by molar-refractivity contribution is -0.384. The van der Waals surface area contributed by atoms with Crippen LogP contribution >= 0.6 is 0 Å². The molecule has 1 atom stereocenters. The number of furan rings is 1. The first kappa shape index (κ1) is 37.2. The molecule has 4 aromatic carbocycles. The summed E-state index contributed by atoms with van der Waals surface area (Å²) in [6.45, 7) is 3.33. The Hall–Kier alpha value is -6.17. The Morgan fingerprint density at radius 2 is 1.47 bits per heavy atom. The fourth-order valence-electron chi connectivity index (χ4n) is 7.52. The standard InChI is InChI=1S/C44H43N5O6/c50-41(25-22-37-21-24-40(55-37)31-16-19-36(20-17-31)49(53)54)45-34-18-23-39(38(30-34)43(51)33-12-6-2-7-13-33)46-44(52)42(32-10-4-1-5-11-32)48-28-26-47(27-29-48)35-14-8-3-9-15-35/h1-2,4-7,10-13,16-25,30,35,42H,3,8-9,14-15,26-29H2,(H,45,50)(H,46,52)/b25-22+. The number of piperazine rings is 1. The second-order valence-corrected chi connectivity index (χ2v) is 14.0. The van der Waals surface area contributed by atoms with Crippen molar-refractivity contribution in [3.8, 4) is 11.3 Å². The van der Waals surface area contributed by atoms with Gasteiger partial charge in [-0.3, -0.25) is 34.3 Å². The van der Waals surface area contributed by atoms with Crippen LogP contribution in [0, 0.1) is 10.1 Å². The van der Waals surface area contributed by atoms with Crippen molar-refractivity contribution in [2.45, 2.75) is 44.2 Å². The Bertz CT molecular complexity index is 2150. The summed E-state index contributed by atoms with van der Waals surface area (Å²) in [5.74, 6) is -0.0858. The number of nitrogens with zero attached hydrogens (tertiary/aromatic N) is 3. The van der Waals surface area contributed by atoms with E-state index in [-0.39, 0.29) is 22.9 Å². The third-order valence-corrected chi connectivity index (χ3v) is 10.4. The van der Waals surface area contributed by atoms with Crippen molar-refractivity contribution in [2.24, 2.45) is 0 Å². The SMILES string of the molecule is O=C(/C=C/c1ccc(-c2ccc([N+](=O)[O-])cc2)o1)Nc1ccc(NC(=O)C(c2ccccc2)N2CCN(C3CCCCC3)CC2)c(C(=O)c2ccccc2)c1. The topological polar surface area (TPSA) is 138 Å². The van der Waals surface area contributed by atoms with Crippen molar-refractivity contribution in [2.75, 3.05) is 36.8 Å². The van der Waals surface area contributed by atoms with Crippen LogP contribution in [0.25, 0.3) is 17.4 Å². The zero-order valence-electron chi connectivity index (χ0n) is 30.4. The molecule has 1 aliphatic carbocycles. The van der Waals surface area contributed by atoms with E-state index >= 15 is 0 Å². The van der Waals surface area contributed by atoms with Crippen LogP contribution < -0.4 is 10.6 Å². The van der Waals surface area contributed by atoms with Crippen LogP contribution in [0.4, 0.5) is 17.1 Å². The molecule has 55 heavy (non-hydrogen) atoms. The molecule has 1 saturated carbocycles. The zero-order valence-corrected chi connectivity index (χ0v) is 30.4. The summed E-state index contributed by atoms with van der Waals surface area (Å²) in [5.41, 5.74) is 2.93. The van der Waals surface area contributed by atoms with Gasteiger partial charge in [-0.05, 0) is 66.9 Å². The summed E-state index contributed by atoms with van der Waals surface area (Å²) in [6, 6.07) is 32.9. The Morgan fingerprint density at radius 3 is 2.16 bits per heavy atom. The number of carbonyl (C=O) groups excluding carboxylic acids is 3. The lowest BCUT2D eigenvalue weighted by Gasteiger charge is -2.43. The number of hydrogen-bond acceptors (Lipinski definition) is 8. The van der Waals surface area contributed by atoms with E-state index in [4.69, 9.17) is 4.42 Å². The Labute approximate surface area is 319 Å². The van der Waals surface area contributed by atoms with Gasteiger partial charge >= 0.3 is 0 Å². The van der Waals surface area contributed by atoms with Gasteiger partial charge in [0.1, 0.15) is 17.6 Å². The molecule has 5 aromatic rings. The van der Waals surface area contributed by atoms with E-state index in [2.05, 4.69) is 20.4 Å². The van der Waals surface area contributed by atoms with Crippen LogP contribution in [0.2, 0.25) is 0 Å². The molecule has 1 saturated heterocycles. The second-order valence-electron chi connectivity index (χ2n) is 14.0. The average Bonchev–Trinajstić information content (AvgIpc) is 3.71. The molecule has 11 heteroatoms. The van der Waals surface area contributed by atoms with E-state index in [1.165, 1.54) is 56.4 Å². The number of hydrogen-bond donors (Lipinski definition) is 2. The summed E-state index contributed by atoms with van der Waals surface area (Å²) in [6.07, 6.45) is 9.17. The molecule has 280 valence electrons. The molecule has 2 heterocycles. The van der Waals surface area contributed by atoms with Gasteiger partial charge in [-0.1, -0.05) is 79.9 Å². The van der Waals surface area contributed by atoms with Gasteiger partial charge in [0.15, 0.2) is 5.78 Å². The molecule has 11 nitrogen and oxygen atoms in total. The fraction of sp³-hybridized carbons (Fsp3) is 0.250. The van der Waals surface area contributed by atoms with E-state index < -0.39 is 16.9 Å². The minimum atomic E-state index is -0.554. The third-order valence-electron chi connectivity index (χ3n) is 10.4. The maximum Gasteiger partial charge on any atom is 0.269 e. The minimum absolute atomic E-state index is 0.0222. The molecule has 1 unspecified atom stereocenters. The number of carbonyl (C=O) groups is 3. The largest absolute Gasteiger partial charge is 0.457 e. The number of nitrogens with one attached hydrogen (secondary N) is 2. The molecule has 0 radical (unpaired) electrons. The molecule has 1 aliphatic heterocycles. The van der Waals surface area contributed by atoms with Gasteiger partial charge < -0.3 is 15.1 Å². The van der Waals surface area contributed by atoms with Crippen LogP contribution in [-0.4, -0.2) is 64.5 Å². The van der Waals surface area contributed by atoms with Gasteiger partial charge in [0.25, 0.3) is 5.69 Å². The van der Waals surface area contributed by atoms with Crippen molar-refractivity contribution in [1.82, 2.24) is 9.80 Å². The van der Waals surface area contributed by atoms with Crippen LogP contribution in [0.5, 0.6) is 0 Å². The maximum absolute atomic E-state index is 14.3. The summed E-state index contributed by atoms with van der Waals surface area (Å²) in [5, 5.41) is 16.9. The van der Waals surface area contributed by atoms with Gasteiger partial charge in [0.2, 0.25) is 11.8 Å². The molecule has 7 rings (SSSR count). The number of rotatable bonds is 12. The number of nitro benzene ring substituents is 1. The molecule has 0 spiro atoms. The highest BCUT2D eigenvalue weighted by Gasteiger charge is 2.33.